The van der Waals surface area contributed by atoms with E-state index in [0.29, 0.717) is 36.7 Å². The molecule has 2 aromatic carbocycles. The molecule has 2 aromatic rings. The van der Waals surface area contributed by atoms with Crippen LogP contribution in [0.25, 0.3) is 0 Å². The van der Waals surface area contributed by atoms with Gasteiger partial charge >= 0.3 is 12.1 Å². The van der Waals surface area contributed by atoms with Gasteiger partial charge in [-0.2, -0.15) is 13.2 Å². The van der Waals surface area contributed by atoms with Crippen molar-refractivity contribution in [1.29, 1.82) is 0 Å². The maximum atomic E-state index is 12.8. The van der Waals surface area contributed by atoms with E-state index in [4.69, 9.17) is 15.6 Å². The standard InChI is InChI=1S/C26H33N3O4S.C2HF3O2/c1-34(32,33)18-25(30)28(17-19-6-3-2-4-7-19)12-13-29-23-10-11-24(29)16-22(15-23)20-8-5-9-21(14-20)26(27)31;3-2(4,5)1(6)7/h2-9,14,22-24H,10-13,15-18H2,1H3,(H2,27,31);(H,6,7)/t22?,23-,24+;. The number of alkyl halides is 3. The highest BCUT2D eigenvalue weighted by Crippen LogP contribution is 2.43. The number of benzene rings is 2. The first-order valence-corrected chi connectivity index (χ1v) is 15.1. The highest BCUT2D eigenvalue weighted by Gasteiger charge is 2.41. The zero-order valence-electron chi connectivity index (χ0n) is 22.6. The summed E-state index contributed by atoms with van der Waals surface area (Å²) in [6, 6.07) is 18.2. The van der Waals surface area contributed by atoms with Crippen molar-refractivity contribution in [3.63, 3.8) is 0 Å². The van der Waals surface area contributed by atoms with Crippen molar-refractivity contribution in [3.8, 4) is 0 Å². The predicted octanol–water partition coefficient (Wildman–Crippen LogP) is 3.20. The number of hydrogen-bond acceptors (Lipinski definition) is 6. The highest BCUT2D eigenvalue weighted by atomic mass is 32.2. The third kappa shape index (κ3) is 9.56. The minimum absolute atomic E-state index is 0.350. The smallest absolute Gasteiger partial charge is 0.475 e. The molecule has 2 saturated heterocycles. The van der Waals surface area contributed by atoms with Gasteiger partial charge in [-0.1, -0.05) is 42.5 Å². The molecular formula is C28H34F3N3O6S. The number of fused-ring (bicyclic) bond motifs is 2. The summed E-state index contributed by atoms with van der Waals surface area (Å²) in [6.45, 7) is 1.63. The number of aliphatic carboxylic acids is 1. The second-order valence-corrected chi connectivity index (χ2v) is 12.6. The van der Waals surface area contributed by atoms with Crippen LogP contribution in [-0.2, 0) is 26.0 Å². The van der Waals surface area contributed by atoms with E-state index in [9.17, 15) is 31.2 Å². The minimum Gasteiger partial charge on any atom is -0.475 e. The molecule has 9 nitrogen and oxygen atoms in total. The molecule has 0 aromatic heterocycles. The van der Waals surface area contributed by atoms with E-state index in [2.05, 4.69) is 11.0 Å². The molecular weight excluding hydrogens is 563 g/mol. The van der Waals surface area contributed by atoms with Crippen LogP contribution in [0.3, 0.4) is 0 Å². The van der Waals surface area contributed by atoms with E-state index >= 15 is 0 Å². The fourth-order valence-electron chi connectivity index (χ4n) is 5.50. The lowest BCUT2D eigenvalue weighted by Crippen LogP contribution is -2.47. The largest absolute Gasteiger partial charge is 0.490 e. The van der Waals surface area contributed by atoms with Crippen LogP contribution in [0.2, 0.25) is 0 Å². The van der Waals surface area contributed by atoms with E-state index in [1.807, 2.05) is 42.5 Å². The molecule has 224 valence electrons. The number of halogens is 3. The number of carboxylic acids is 1. The molecule has 41 heavy (non-hydrogen) atoms. The Hall–Kier alpha value is -3.45. The number of primary amides is 1. The number of carboxylic acid groups (broad SMARTS) is 1. The van der Waals surface area contributed by atoms with Gasteiger partial charge in [-0.25, -0.2) is 13.2 Å². The van der Waals surface area contributed by atoms with Crippen LogP contribution >= 0.6 is 0 Å². The first-order valence-electron chi connectivity index (χ1n) is 13.1. The number of carbonyl (C=O) groups is 3. The van der Waals surface area contributed by atoms with Gasteiger partial charge in [0.05, 0.1) is 0 Å². The molecule has 13 heteroatoms. The van der Waals surface area contributed by atoms with Crippen LogP contribution in [-0.4, -0.2) is 84.5 Å². The normalized spacial score (nSPS) is 20.5. The van der Waals surface area contributed by atoms with Gasteiger partial charge in [-0.15, -0.1) is 0 Å². The highest BCUT2D eigenvalue weighted by molar-refractivity contribution is 7.91. The minimum atomic E-state index is -5.08. The summed E-state index contributed by atoms with van der Waals surface area (Å²) in [4.78, 5) is 37.5. The van der Waals surface area contributed by atoms with Gasteiger partial charge in [-0.3, -0.25) is 14.5 Å². The molecule has 2 amide bonds. The molecule has 2 aliphatic heterocycles. The lowest BCUT2D eigenvalue weighted by molar-refractivity contribution is -0.192. The average Bonchev–Trinajstić information content (AvgIpc) is 3.12. The number of nitrogens with two attached hydrogens (primary N) is 1. The molecule has 2 aliphatic rings. The Morgan fingerprint density at radius 1 is 1.02 bits per heavy atom. The van der Waals surface area contributed by atoms with Crippen LogP contribution in [0.15, 0.2) is 54.6 Å². The van der Waals surface area contributed by atoms with Gasteiger partial charge in [0.15, 0.2) is 9.84 Å². The van der Waals surface area contributed by atoms with Crippen molar-refractivity contribution >= 4 is 27.6 Å². The zero-order chi connectivity index (χ0) is 30.4. The van der Waals surface area contributed by atoms with Gasteiger partial charge in [0.2, 0.25) is 11.8 Å². The van der Waals surface area contributed by atoms with Crippen molar-refractivity contribution in [1.82, 2.24) is 9.80 Å². The second kappa shape index (κ2) is 13.5. The van der Waals surface area contributed by atoms with Crippen molar-refractivity contribution in [3.05, 3.63) is 71.3 Å². The first kappa shape index (κ1) is 32.1. The molecule has 2 fully saturated rings. The summed E-state index contributed by atoms with van der Waals surface area (Å²) >= 11 is 0. The van der Waals surface area contributed by atoms with Gasteiger partial charge < -0.3 is 15.7 Å². The Kier molecular flexibility index (Phi) is 10.5. The molecule has 0 radical (unpaired) electrons. The number of rotatable bonds is 9. The summed E-state index contributed by atoms with van der Waals surface area (Å²) in [6.07, 6.45) is 0.270. The number of nitrogens with zero attached hydrogens (tertiary/aromatic N) is 2. The van der Waals surface area contributed by atoms with E-state index in [0.717, 1.165) is 44.0 Å². The Morgan fingerprint density at radius 3 is 2.12 bits per heavy atom. The number of sulfone groups is 1. The van der Waals surface area contributed by atoms with E-state index in [1.54, 1.807) is 11.0 Å². The first-order chi connectivity index (χ1) is 19.1. The maximum absolute atomic E-state index is 12.8. The van der Waals surface area contributed by atoms with E-state index in [1.165, 1.54) is 5.56 Å². The van der Waals surface area contributed by atoms with Crippen LogP contribution < -0.4 is 5.73 Å². The monoisotopic (exact) mass is 597 g/mol. The van der Waals surface area contributed by atoms with Crippen molar-refractivity contribution in [2.75, 3.05) is 25.1 Å². The molecule has 3 N–H and O–H groups in total. The summed E-state index contributed by atoms with van der Waals surface area (Å²) < 4.78 is 55.3. The van der Waals surface area contributed by atoms with E-state index < -0.39 is 33.6 Å². The van der Waals surface area contributed by atoms with Gasteiger partial charge in [0, 0.05) is 43.5 Å². The topological polar surface area (TPSA) is 138 Å². The predicted molar refractivity (Wildman–Crippen MR) is 146 cm³/mol. The maximum Gasteiger partial charge on any atom is 0.490 e. The Morgan fingerprint density at radius 2 is 1.61 bits per heavy atom. The zero-order valence-corrected chi connectivity index (χ0v) is 23.4. The fraction of sp³-hybridized carbons (Fsp3) is 0.464. The molecule has 2 heterocycles. The Bertz CT molecular complexity index is 1320. The molecule has 2 bridgehead atoms. The number of carbonyl (C=O) groups excluding carboxylic acids is 2. The van der Waals surface area contributed by atoms with Gasteiger partial charge in [0.1, 0.15) is 5.75 Å². The summed E-state index contributed by atoms with van der Waals surface area (Å²) in [5.74, 6) is -3.59. The van der Waals surface area contributed by atoms with Gasteiger partial charge in [0.25, 0.3) is 0 Å². The van der Waals surface area contributed by atoms with Crippen LogP contribution in [0, 0.1) is 0 Å². The summed E-state index contributed by atoms with van der Waals surface area (Å²) in [5.41, 5.74) is 8.17. The lowest BCUT2D eigenvalue weighted by atomic mass is 9.84. The number of hydrogen-bond donors (Lipinski definition) is 2. The van der Waals surface area contributed by atoms with E-state index in [-0.39, 0.29) is 5.91 Å². The molecule has 0 aliphatic carbocycles. The van der Waals surface area contributed by atoms with Crippen LogP contribution in [0.1, 0.15) is 53.1 Å². The molecule has 0 saturated carbocycles. The summed E-state index contributed by atoms with van der Waals surface area (Å²) in [7, 11) is -3.40. The van der Waals surface area contributed by atoms with Gasteiger partial charge in [-0.05, 0) is 54.9 Å². The fourth-order valence-corrected chi connectivity index (χ4v) is 6.14. The summed E-state index contributed by atoms with van der Waals surface area (Å²) in [5, 5.41) is 7.12. The number of piperidine rings is 1. The van der Waals surface area contributed by atoms with Crippen LogP contribution in [0.5, 0.6) is 0 Å². The second-order valence-electron chi connectivity index (χ2n) is 10.5. The average molecular weight is 598 g/mol. The molecule has 4 rings (SSSR count). The third-order valence-corrected chi connectivity index (χ3v) is 8.12. The number of amides is 2. The Balaban J connectivity index is 0.000000587. The van der Waals surface area contributed by atoms with Crippen LogP contribution in [0.4, 0.5) is 13.2 Å². The molecule has 3 atom stereocenters. The molecule has 1 unspecified atom stereocenters. The van der Waals surface area contributed by atoms with Crippen molar-refractivity contribution in [2.24, 2.45) is 5.73 Å². The van der Waals surface area contributed by atoms with Crippen molar-refractivity contribution < 1.29 is 41.1 Å². The van der Waals surface area contributed by atoms with Crippen molar-refractivity contribution in [2.45, 2.75) is 56.4 Å². The lowest BCUT2D eigenvalue weighted by Gasteiger charge is -2.40. The third-order valence-electron chi connectivity index (χ3n) is 7.35. The Labute approximate surface area is 237 Å². The molecule has 0 spiro atoms. The quantitative estimate of drug-likeness (QED) is 0.453. The SMILES string of the molecule is CS(=O)(=O)CC(=O)N(CCN1[C@@H]2CC[C@H]1CC(c1cccc(C(N)=O)c1)C2)Cc1ccccc1.O=C(O)C(F)(F)F.